The zero-order chi connectivity index (χ0) is 23.8. The summed E-state index contributed by atoms with van der Waals surface area (Å²) in [5, 5.41) is 10.5. The van der Waals surface area contributed by atoms with Crippen LogP contribution in [0.2, 0.25) is 0 Å². The molecule has 5 nitrogen and oxygen atoms in total. The highest BCUT2D eigenvalue weighted by Gasteiger charge is 2.31. The van der Waals surface area contributed by atoms with E-state index < -0.39 is 6.36 Å². The number of halogens is 3. The van der Waals surface area contributed by atoms with Gasteiger partial charge in [0.25, 0.3) is 5.95 Å². The second-order valence-electron chi connectivity index (χ2n) is 6.79. The first kappa shape index (κ1) is 23.7. The Kier molecular flexibility index (Phi) is 7.61. The van der Waals surface area contributed by atoms with E-state index in [0.717, 1.165) is 5.69 Å². The molecule has 0 amide bonds. The Morgan fingerprint density at radius 1 is 0.848 bits per heavy atom. The fourth-order valence-corrected chi connectivity index (χ4v) is 2.98. The average Bonchev–Trinajstić information content (AvgIpc) is 2.76. The number of aliphatic hydroxyl groups is 1. The van der Waals surface area contributed by atoms with E-state index >= 15 is 0 Å². The zero-order valence-corrected chi connectivity index (χ0v) is 18.0. The highest BCUT2D eigenvalue weighted by Crippen LogP contribution is 2.29. The first-order valence-corrected chi connectivity index (χ1v) is 10.1. The Morgan fingerprint density at radius 3 is 1.94 bits per heavy atom. The molecule has 0 radical (unpaired) electrons. The lowest BCUT2D eigenvalue weighted by molar-refractivity contribution is -0.274. The second kappa shape index (κ2) is 10.6. The van der Waals surface area contributed by atoms with E-state index in [0.29, 0.717) is 28.3 Å². The number of benzene rings is 3. The average molecular weight is 457 g/mol. The van der Waals surface area contributed by atoms with Gasteiger partial charge in [-0.1, -0.05) is 30.3 Å². The SMILES string of the molecule is CCOC(O)=C(C(C)=Nc1ccccc1)c1ccc(Oc2ccc(OC(F)(F)F)cc2)cc1. The Balaban J connectivity index is 1.81. The van der Waals surface area contributed by atoms with Crippen LogP contribution in [0.4, 0.5) is 18.9 Å². The van der Waals surface area contributed by atoms with Gasteiger partial charge >= 0.3 is 6.36 Å². The minimum atomic E-state index is -4.75. The summed E-state index contributed by atoms with van der Waals surface area (Å²) in [6.45, 7) is 3.81. The van der Waals surface area contributed by atoms with Crippen molar-refractivity contribution in [1.29, 1.82) is 0 Å². The van der Waals surface area contributed by atoms with Gasteiger partial charge in [0.15, 0.2) is 0 Å². The molecule has 0 aliphatic rings. The van der Waals surface area contributed by atoms with E-state index in [1.165, 1.54) is 24.3 Å². The minimum absolute atomic E-state index is 0.247. The predicted octanol–water partition coefficient (Wildman–Crippen LogP) is 7.43. The van der Waals surface area contributed by atoms with Crippen molar-refractivity contribution >= 4 is 17.0 Å². The molecule has 0 saturated carbocycles. The lowest BCUT2D eigenvalue weighted by Gasteiger charge is -2.13. The Bertz CT molecular complexity index is 1110. The molecule has 0 aliphatic heterocycles. The fraction of sp³-hybridized carbons (Fsp3) is 0.160. The van der Waals surface area contributed by atoms with Crippen molar-refractivity contribution in [1.82, 2.24) is 0 Å². The van der Waals surface area contributed by atoms with Gasteiger partial charge in [-0.2, -0.15) is 0 Å². The van der Waals surface area contributed by atoms with Crippen LogP contribution in [0.5, 0.6) is 17.2 Å². The van der Waals surface area contributed by atoms with Crippen molar-refractivity contribution in [3.8, 4) is 17.2 Å². The van der Waals surface area contributed by atoms with E-state index in [-0.39, 0.29) is 18.3 Å². The first-order valence-electron chi connectivity index (χ1n) is 10.1. The molecule has 0 saturated heterocycles. The summed E-state index contributed by atoms with van der Waals surface area (Å²) < 4.78 is 51.7. The van der Waals surface area contributed by atoms with Crippen molar-refractivity contribution in [3.05, 3.63) is 90.4 Å². The molecule has 33 heavy (non-hydrogen) atoms. The molecule has 0 aromatic heterocycles. The molecule has 3 aromatic carbocycles. The predicted molar refractivity (Wildman–Crippen MR) is 120 cm³/mol. The summed E-state index contributed by atoms with van der Waals surface area (Å²) in [4.78, 5) is 4.56. The summed E-state index contributed by atoms with van der Waals surface area (Å²) in [6.07, 6.45) is -4.75. The van der Waals surface area contributed by atoms with Crippen molar-refractivity contribution in [3.63, 3.8) is 0 Å². The van der Waals surface area contributed by atoms with E-state index in [1.807, 2.05) is 30.3 Å². The number of rotatable bonds is 8. The van der Waals surface area contributed by atoms with Crippen LogP contribution in [0.3, 0.4) is 0 Å². The van der Waals surface area contributed by atoms with E-state index in [4.69, 9.17) is 9.47 Å². The quantitative estimate of drug-likeness (QED) is 0.282. The van der Waals surface area contributed by atoms with Crippen molar-refractivity contribution in [2.24, 2.45) is 4.99 Å². The van der Waals surface area contributed by atoms with Crippen LogP contribution in [0, 0.1) is 0 Å². The summed E-state index contributed by atoms with van der Waals surface area (Å²) in [5.41, 5.74) is 2.37. The summed E-state index contributed by atoms with van der Waals surface area (Å²) >= 11 is 0. The Labute approximate surface area is 189 Å². The molecule has 8 heteroatoms. The number of para-hydroxylation sites is 1. The lowest BCUT2D eigenvalue weighted by atomic mass is 10.0. The smallest absolute Gasteiger partial charge is 0.480 e. The minimum Gasteiger partial charge on any atom is -0.480 e. The van der Waals surface area contributed by atoms with Crippen LogP contribution in [0.1, 0.15) is 19.4 Å². The molecule has 0 fully saturated rings. The molecular weight excluding hydrogens is 435 g/mol. The maximum Gasteiger partial charge on any atom is 0.573 e. The molecular formula is C25H22F3NO4. The maximum absolute atomic E-state index is 12.3. The highest BCUT2D eigenvalue weighted by molar-refractivity contribution is 6.23. The van der Waals surface area contributed by atoms with Crippen molar-refractivity contribution < 1.29 is 32.5 Å². The fourth-order valence-electron chi connectivity index (χ4n) is 2.98. The van der Waals surface area contributed by atoms with Gasteiger partial charge in [0.1, 0.15) is 17.2 Å². The van der Waals surface area contributed by atoms with Crippen LogP contribution >= 0.6 is 0 Å². The number of ether oxygens (including phenoxy) is 3. The number of nitrogens with zero attached hydrogens (tertiary/aromatic N) is 1. The van der Waals surface area contributed by atoms with Gasteiger partial charge < -0.3 is 19.3 Å². The number of aliphatic hydroxyl groups excluding tert-OH is 1. The van der Waals surface area contributed by atoms with Crippen LogP contribution in [0.15, 0.2) is 89.8 Å². The molecule has 0 aliphatic carbocycles. The van der Waals surface area contributed by atoms with Gasteiger partial charge in [-0.25, -0.2) is 0 Å². The van der Waals surface area contributed by atoms with Crippen LogP contribution in [-0.2, 0) is 4.74 Å². The van der Waals surface area contributed by atoms with Gasteiger partial charge in [-0.3, -0.25) is 4.99 Å². The molecule has 0 unspecified atom stereocenters. The number of allylic oxidation sites excluding steroid dienone is 1. The van der Waals surface area contributed by atoms with Gasteiger partial charge in [-0.05, 0) is 67.9 Å². The van der Waals surface area contributed by atoms with Gasteiger partial charge in [-0.15, -0.1) is 13.2 Å². The van der Waals surface area contributed by atoms with Crippen LogP contribution < -0.4 is 9.47 Å². The van der Waals surface area contributed by atoms with Gasteiger partial charge in [0.05, 0.1) is 23.6 Å². The van der Waals surface area contributed by atoms with E-state index in [9.17, 15) is 18.3 Å². The van der Waals surface area contributed by atoms with E-state index in [2.05, 4.69) is 9.73 Å². The zero-order valence-electron chi connectivity index (χ0n) is 18.0. The molecule has 172 valence electrons. The van der Waals surface area contributed by atoms with Crippen molar-refractivity contribution in [2.45, 2.75) is 20.2 Å². The number of hydrogen-bond donors (Lipinski definition) is 1. The molecule has 0 bridgehead atoms. The largest absolute Gasteiger partial charge is 0.573 e. The molecule has 0 heterocycles. The topological polar surface area (TPSA) is 60.3 Å². The first-order chi connectivity index (χ1) is 15.7. The number of alkyl halides is 3. The highest BCUT2D eigenvalue weighted by atomic mass is 19.4. The third kappa shape index (κ3) is 7.03. The summed E-state index contributed by atoms with van der Waals surface area (Å²) in [5.74, 6) is 0.214. The monoisotopic (exact) mass is 457 g/mol. The molecule has 1 N–H and O–H groups in total. The standard InChI is InChI=1S/C25H22F3NO4/c1-3-31-24(30)23(17(2)29-19-7-5-4-6-8-19)18-9-11-20(12-10-18)32-21-13-15-22(16-14-21)33-25(26,27)28/h4-16,30H,3H2,1-2H3. The Morgan fingerprint density at radius 2 is 1.39 bits per heavy atom. The molecule has 3 rings (SSSR count). The summed E-state index contributed by atoms with van der Waals surface area (Å²) in [7, 11) is 0. The second-order valence-corrected chi connectivity index (χ2v) is 6.79. The lowest BCUT2D eigenvalue weighted by Crippen LogP contribution is -2.16. The van der Waals surface area contributed by atoms with Gasteiger partial charge in [0, 0.05) is 0 Å². The number of hydrogen-bond acceptors (Lipinski definition) is 5. The third-order valence-electron chi connectivity index (χ3n) is 4.35. The normalized spacial score (nSPS) is 12.7. The Hall–Kier alpha value is -3.94. The molecule has 3 aromatic rings. The van der Waals surface area contributed by atoms with Crippen LogP contribution in [-0.4, -0.2) is 23.8 Å². The van der Waals surface area contributed by atoms with Crippen molar-refractivity contribution in [2.75, 3.05) is 6.61 Å². The molecule has 0 spiro atoms. The van der Waals surface area contributed by atoms with Gasteiger partial charge in [0.2, 0.25) is 0 Å². The van der Waals surface area contributed by atoms with E-state index in [1.54, 1.807) is 38.1 Å². The maximum atomic E-state index is 12.3. The van der Waals surface area contributed by atoms with Crippen LogP contribution in [0.25, 0.3) is 5.57 Å². The summed E-state index contributed by atoms with van der Waals surface area (Å²) in [6, 6.07) is 21.2. The number of aliphatic imine (C=N–C) groups is 1. The third-order valence-corrected chi connectivity index (χ3v) is 4.35. The molecule has 0 atom stereocenters.